The number of carbonyl (C=O) groups excluding carboxylic acids is 1. The van der Waals surface area contributed by atoms with E-state index in [1.807, 2.05) is 13.8 Å². The van der Waals surface area contributed by atoms with Crippen LogP contribution in [0.1, 0.15) is 24.2 Å². The summed E-state index contributed by atoms with van der Waals surface area (Å²) in [4.78, 5) is 13.7. The van der Waals surface area contributed by atoms with Crippen LogP contribution < -0.4 is 5.73 Å². The van der Waals surface area contributed by atoms with Gasteiger partial charge in [0.2, 0.25) is 0 Å². The van der Waals surface area contributed by atoms with Crippen LogP contribution in [0.2, 0.25) is 0 Å². The molecule has 0 bridgehead atoms. The number of likely N-dealkylation sites (N-methyl/N-ethyl adjacent to an activating group) is 1. The standard InChI is InChI=1S/C13H19FN2O2/c1-3-16(7-8-18-4-2)13(17)10-5-6-12(15)11(14)9-10/h5-6,9H,3-4,7-8,15H2,1-2H3. The molecule has 0 aromatic heterocycles. The molecule has 1 rings (SSSR count). The number of amides is 1. The monoisotopic (exact) mass is 254 g/mol. The Morgan fingerprint density at radius 2 is 2.17 bits per heavy atom. The molecular weight excluding hydrogens is 235 g/mol. The van der Waals surface area contributed by atoms with E-state index in [0.29, 0.717) is 31.9 Å². The summed E-state index contributed by atoms with van der Waals surface area (Å²) in [6.07, 6.45) is 0. The van der Waals surface area contributed by atoms with Crippen molar-refractivity contribution in [1.82, 2.24) is 4.90 Å². The molecule has 0 spiro atoms. The molecule has 0 aliphatic heterocycles. The van der Waals surface area contributed by atoms with E-state index in [1.165, 1.54) is 18.2 Å². The highest BCUT2D eigenvalue weighted by Gasteiger charge is 2.15. The van der Waals surface area contributed by atoms with Crippen LogP contribution in [0.15, 0.2) is 18.2 Å². The highest BCUT2D eigenvalue weighted by molar-refractivity contribution is 5.94. The fraction of sp³-hybridized carbons (Fsp3) is 0.462. The summed E-state index contributed by atoms with van der Waals surface area (Å²) in [7, 11) is 0. The van der Waals surface area contributed by atoms with Crippen molar-refractivity contribution in [2.75, 3.05) is 32.0 Å². The zero-order valence-corrected chi connectivity index (χ0v) is 10.8. The Morgan fingerprint density at radius 1 is 1.44 bits per heavy atom. The van der Waals surface area contributed by atoms with Crippen molar-refractivity contribution in [3.05, 3.63) is 29.6 Å². The maximum absolute atomic E-state index is 13.3. The number of benzene rings is 1. The normalized spacial score (nSPS) is 10.4. The first-order valence-corrected chi connectivity index (χ1v) is 6.02. The first-order chi connectivity index (χ1) is 8.60. The van der Waals surface area contributed by atoms with Crippen LogP contribution in [0.3, 0.4) is 0 Å². The molecule has 0 unspecified atom stereocenters. The molecule has 0 aliphatic carbocycles. The molecule has 0 saturated carbocycles. The number of nitrogen functional groups attached to an aromatic ring is 1. The van der Waals surface area contributed by atoms with Gasteiger partial charge in [0.15, 0.2) is 0 Å². The molecule has 0 radical (unpaired) electrons. The van der Waals surface area contributed by atoms with Gasteiger partial charge in [0.05, 0.1) is 12.3 Å². The summed E-state index contributed by atoms with van der Waals surface area (Å²) in [5.74, 6) is -0.780. The zero-order valence-electron chi connectivity index (χ0n) is 10.8. The summed E-state index contributed by atoms with van der Waals surface area (Å²) in [6.45, 7) is 5.91. The predicted octanol–water partition coefficient (Wildman–Crippen LogP) is 1.91. The lowest BCUT2D eigenvalue weighted by Gasteiger charge is -2.20. The Balaban J connectivity index is 2.73. The highest BCUT2D eigenvalue weighted by atomic mass is 19.1. The number of halogens is 1. The Morgan fingerprint density at radius 3 is 2.72 bits per heavy atom. The van der Waals surface area contributed by atoms with E-state index in [4.69, 9.17) is 10.5 Å². The number of anilines is 1. The predicted molar refractivity (Wildman–Crippen MR) is 68.9 cm³/mol. The third kappa shape index (κ3) is 3.70. The van der Waals surface area contributed by atoms with Gasteiger partial charge in [-0.15, -0.1) is 0 Å². The van der Waals surface area contributed by atoms with Crippen LogP contribution in [-0.4, -0.2) is 37.1 Å². The van der Waals surface area contributed by atoms with E-state index in [2.05, 4.69) is 0 Å². The molecule has 100 valence electrons. The lowest BCUT2D eigenvalue weighted by atomic mass is 10.1. The summed E-state index contributed by atoms with van der Waals surface area (Å²) >= 11 is 0. The number of rotatable bonds is 6. The van der Waals surface area contributed by atoms with Crippen LogP contribution in [0.4, 0.5) is 10.1 Å². The van der Waals surface area contributed by atoms with E-state index in [-0.39, 0.29) is 11.6 Å². The third-order valence-electron chi connectivity index (χ3n) is 2.63. The lowest BCUT2D eigenvalue weighted by Crippen LogP contribution is -2.34. The van der Waals surface area contributed by atoms with Gasteiger partial charge in [-0.2, -0.15) is 0 Å². The SMILES string of the molecule is CCOCCN(CC)C(=O)c1ccc(N)c(F)c1. The Kier molecular flexibility index (Phi) is 5.58. The van der Waals surface area contributed by atoms with Gasteiger partial charge < -0.3 is 15.4 Å². The fourth-order valence-electron chi connectivity index (χ4n) is 1.57. The van der Waals surface area contributed by atoms with Gasteiger partial charge in [0.1, 0.15) is 5.82 Å². The minimum Gasteiger partial charge on any atom is -0.396 e. The molecule has 0 fully saturated rings. The quantitative estimate of drug-likeness (QED) is 0.623. The average molecular weight is 254 g/mol. The maximum atomic E-state index is 13.3. The van der Waals surface area contributed by atoms with Crippen LogP contribution in [0.25, 0.3) is 0 Å². The van der Waals surface area contributed by atoms with E-state index in [1.54, 1.807) is 4.90 Å². The van der Waals surface area contributed by atoms with Crippen molar-refractivity contribution in [3.63, 3.8) is 0 Å². The Bertz CT molecular complexity index is 410. The van der Waals surface area contributed by atoms with E-state index >= 15 is 0 Å². The average Bonchev–Trinajstić information content (AvgIpc) is 2.37. The van der Waals surface area contributed by atoms with Crippen molar-refractivity contribution in [3.8, 4) is 0 Å². The molecular formula is C13H19FN2O2. The molecule has 4 nitrogen and oxygen atoms in total. The molecule has 5 heteroatoms. The van der Waals surface area contributed by atoms with Crippen molar-refractivity contribution >= 4 is 11.6 Å². The molecule has 0 aliphatic rings. The molecule has 18 heavy (non-hydrogen) atoms. The van der Waals surface area contributed by atoms with Crippen LogP contribution in [0, 0.1) is 5.82 Å². The number of hydrogen-bond acceptors (Lipinski definition) is 3. The molecule has 1 amide bonds. The number of carbonyl (C=O) groups is 1. The van der Waals surface area contributed by atoms with Crippen molar-refractivity contribution in [2.24, 2.45) is 0 Å². The number of hydrogen-bond donors (Lipinski definition) is 1. The van der Waals surface area contributed by atoms with Crippen LogP contribution in [-0.2, 0) is 4.74 Å². The van der Waals surface area contributed by atoms with Gasteiger partial charge in [-0.05, 0) is 32.0 Å². The van der Waals surface area contributed by atoms with Crippen molar-refractivity contribution in [2.45, 2.75) is 13.8 Å². The number of ether oxygens (including phenoxy) is 1. The van der Waals surface area contributed by atoms with Gasteiger partial charge in [-0.3, -0.25) is 4.79 Å². The highest BCUT2D eigenvalue weighted by Crippen LogP contribution is 2.13. The number of nitrogens with zero attached hydrogens (tertiary/aromatic N) is 1. The summed E-state index contributed by atoms with van der Waals surface area (Å²) < 4.78 is 18.5. The molecule has 0 saturated heterocycles. The van der Waals surface area contributed by atoms with Crippen LogP contribution >= 0.6 is 0 Å². The first kappa shape index (κ1) is 14.4. The molecule has 2 N–H and O–H groups in total. The second-order valence-corrected chi connectivity index (χ2v) is 3.82. The zero-order chi connectivity index (χ0) is 13.5. The van der Waals surface area contributed by atoms with Crippen molar-refractivity contribution in [1.29, 1.82) is 0 Å². The minimum absolute atomic E-state index is 0.0453. The van der Waals surface area contributed by atoms with E-state index < -0.39 is 5.82 Å². The fourth-order valence-corrected chi connectivity index (χ4v) is 1.57. The topological polar surface area (TPSA) is 55.6 Å². The largest absolute Gasteiger partial charge is 0.396 e. The molecule has 0 atom stereocenters. The molecule has 1 aromatic rings. The molecule has 0 heterocycles. The minimum atomic E-state index is -0.568. The van der Waals surface area contributed by atoms with Gasteiger partial charge in [0, 0.05) is 25.3 Å². The lowest BCUT2D eigenvalue weighted by molar-refractivity contribution is 0.0669. The first-order valence-electron chi connectivity index (χ1n) is 6.02. The third-order valence-corrected chi connectivity index (χ3v) is 2.63. The molecule has 1 aromatic carbocycles. The summed E-state index contributed by atoms with van der Waals surface area (Å²) in [5, 5.41) is 0. The summed E-state index contributed by atoms with van der Waals surface area (Å²) in [5.41, 5.74) is 5.73. The number of nitrogens with two attached hydrogens (primary N) is 1. The smallest absolute Gasteiger partial charge is 0.254 e. The van der Waals surface area contributed by atoms with Gasteiger partial charge in [-0.1, -0.05) is 0 Å². The van der Waals surface area contributed by atoms with Crippen molar-refractivity contribution < 1.29 is 13.9 Å². The maximum Gasteiger partial charge on any atom is 0.254 e. The second-order valence-electron chi connectivity index (χ2n) is 3.82. The summed E-state index contributed by atoms with van der Waals surface area (Å²) in [6, 6.07) is 4.10. The Labute approximate surface area is 107 Å². The second kappa shape index (κ2) is 6.96. The van der Waals surface area contributed by atoms with Gasteiger partial charge in [0.25, 0.3) is 5.91 Å². The van der Waals surface area contributed by atoms with E-state index in [9.17, 15) is 9.18 Å². The van der Waals surface area contributed by atoms with Gasteiger partial charge >= 0.3 is 0 Å². The van der Waals surface area contributed by atoms with E-state index in [0.717, 1.165) is 0 Å². The van der Waals surface area contributed by atoms with Gasteiger partial charge in [-0.25, -0.2) is 4.39 Å². The van der Waals surface area contributed by atoms with Crippen LogP contribution in [0.5, 0.6) is 0 Å². The Hall–Kier alpha value is -1.62.